The second-order valence-corrected chi connectivity index (χ2v) is 2.53. The van der Waals surface area contributed by atoms with E-state index in [1.165, 1.54) is 12.8 Å². The molecule has 1 aromatic rings. The predicted molar refractivity (Wildman–Crippen MR) is 41.4 cm³/mol. The molecule has 1 aliphatic carbocycles. The topological polar surface area (TPSA) is 64.9 Å². The van der Waals surface area contributed by atoms with Crippen LogP contribution in [0.4, 0.5) is 0 Å². The van der Waals surface area contributed by atoms with Gasteiger partial charge in [-0.3, -0.25) is 0 Å². The van der Waals surface area contributed by atoms with Gasteiger partial charge in [-0.1, -0.05) is 5.16 Å². The Bertz CT molecular complexity index is 233. The van der Waals surface area contributed by atoms with Gasteiger partial charge in [-0.15, -0.1) is 12.4 Å². The van der Waals surface area contributed by atoms with Crippen LogP contribution >= 0.6 is 12.4 Å². The van der Waals surface area contributed by atoms with Crippen LogP contribution in [0.2, 0.25) is 0 Å². The Kier molecular flexibility index (Phi) is 2.46. The first-order valence-electron chi connectivity index (χ1n) is 3.42. The zero-order valence-corrected chi connectivity index (χ0v) is 6.80. The molecule has 1 heterocycles. The van der Waals surface area contributed by atoms with Crippen LogP contribution in [0.1, 0.15) is 30.5 Å². The van der Waals surface area contributed by atoms with E-state index in [2.05, 4.69) is 10.1 Å². The van der Waals surface area contributed by atoms with Gasteiger partial charge in [0.1, 0.15) is 0 Å². The number of hydrogen-bond acceptors (Lipinski definition) is 4. The van der Waals surface area contributed by atoms with Gasteiger partial charge in [0.15, 0.2) is 5.82 Å². The second kappa shape index (κ2) is 3.19. The lowest BCUT2D eigenvalue weighted by Gasteiger charge is -1.79. The van der Waals surface area contributed by atoms with Gasteiger partial charge in [-0.25, -0.2) is 0 Å². The Morgan fingerprint density at radius 1 is 1.55 bits per heavy atom. The molecule has 1 saturated carbocycles. The van der Waals surface area contributed by atoms with Crippen molar-refractivity contribution in [3.05, 3.63) is 11.7 Å². The molecule has 4 nitrogen and oxygen atoms in total. The molecule has 0 unspecified atom stereocenters. The molecule has 0 bridgehead atoms. The summed E-state index contributed by atoms with van der Waals surface area (Å²) in [5.74, 6) is 1.91. The Hall–Kier alpha value is -0.610. The highest BCUT2D eigenvalue weighted by molar-refractivity contribution is 5.85. The number of rotatable bonds is 2. The summed E-state index contributed by atoms with van der Waals surface area (Å²) in [6.45, 7) is 0.371. The highest BCUT2D eigenvalue weighted by atomic mass is 35.5. The van der Waals surface area contributed by atoms with Crippen LogP contribution in [0, 0.1) is 0 Å². The minimum Gasteiger partial charge on any atom is -0.339 e. The molecule has 0 aromatic carbocycles. The highest BCUT2D eigenvalue weighted by Crippen LogP contribution is 2.38. The molecule has 0 atom stereocenters. The van der Waals surface area contributed by atoms with E-state index in [1.807, 2.05) is 0 Å². The summed E-state index contributed by atoms with van der Waals surface area (Å²) < 4.78 is 4.94. The maximum absolute atomic E-state index is 5.30. The molecule has 1 fully saturated rings. The largest absolute Gasteiger partial charge is 0.339 e. The standard InChI is InChI=1S/C6H9N3O.ClH/c7-3-5-8-6(10-9-5)4-1-2-4;/h4H,1-3,7H2;1H. The number of halogens is 1. The van der Waals surface area contributed by atoms with Crippen molar-refractivity contribution in [1.29, 1.82) is 0 Å². The van der Waals surface area contributed by atoms with E-state index < -0.39 is 0 Å². The van der Waals surface area contributed by atoms with Gasteiger partial charge in [-0.2, -0.15) is 4.98 Å². The molecule has 5 heteroatoms. The minimum absolute atomic E-state index is 0. The van der Waals surface area contributed by atoms with Crippen LogP contribution in [0.25, 0.3) is 0 Å². The predicted octanol–water partition coefficient (Wildman–Crippen LogP) is 0.828. The molecule has 1 aliphatic rings. The second-order valence-electron chi connectivity index (χ2n) is 2.53. The summed E-state index contributed by atoms with van der Waals surface area (Å²) in [7, 11) is 0. The van der Waals surface area contributed by atoms with Crippen molar-refractivity contribution in [2.75, 3.05) is 0 Å². The highest BCUT2D eigenvalue weighted by Gasteiger charge is 2.29. The Morgan fingerprint density at radius 2 is 2.27 bits per heavy atom. The molecule has 11 heavy (non-hydrogen) atoms. The quantitative estimate of drug-likeness (QED) is 0.723. The first kappa shape index (κ1) is 8.49. The normalized spacial score (nSPS) is 16.1. The lowest BCUT2D eigenvalue weighted by atomic mass is 10.4. The third-order valence-electron chi connectivity index (χ3n) is 1.59. The summed E-state index contributed by atoms with van der Waals surface area (Å²) >= 11 is 0. The molecule has 0 aliphatic heterocycles. The molecule has 0 saturated heterocycles. The van der Waals surface area contributed by atoms with E-state index in [-0.39, 0.29) is 12.4 Å². The van der Waals surface area contributed by atoms with Crippen LogP contribution < -0.4 is 5.73 Å². The van der Waals surface area contributed by atoms with Gasteiger partial charge in [-0.05, 0) is 12.8 Å². The van der Waals surface area contributed by atoms with Gasteiger partial charge >= 0.3 is 0 Å². The molecule has 1 aromatic heterocycles. The molecule has 2 N–H and O–H groups in total. The third-order valence-corrected chi connectivity index (χ3v) is 1.59. The van der Waals surface area contributed by atoms with Crippen molar-refractivity contribution >= 4 is 12.4 Å². The van der Waals surface area contributed by atoms with Crippen molar-refractivity contribution in [3.8, 4) is 0 Å². The SMILES string of the molecule is Cl.NCc1noc(C2CC2)n1. The zero-order chi connectivity index (χ0) is 6.97. The first-order valence-corrected chi connectivity index (χ1v) is 3.42. The van der Waals surface area contributed by atoms with E-state index in [9.17, 15) is 0 Å². The average molecular weight is 176 g/mol. The monoisotopic (exact) mass is 175 g/mol. The average Bonchev–Trinajstić information content (AvgIpc) is 2.70. The fraction of sp³-hybridized carbons (Fsp3) is 0.667. The van der Waals surface area contributed by atoms with Crippen LogP contribution in [0.15, 0.2) is 4.52 Å². The smallest absolute Gasteiger partial charge is 0.229 e. The number of aromatic nitrogens is 2. The Labute approximate surface area is 70.6 Å². The van der Waals surface area contributed by atoms with E-state index in [0.717, 1.165) is 5.89 Å². The minimum atomic E-state index is 0. The summed E-state index contributed by atoms with van der Waals surface area (Å²) in [6, 6.07) is 0. The number of nitrogens with two attached hydrogens (primary N) is 1. The van der Waals surface area contributed by atoms with Crippen LogP contribution in [-0.4, -0.2) is 10.1 Å². The fourth-order valence-electron chi connectivity index (χ4n) is 0.846. The summed E-state index contributed by atoms with van der Waals surface area (Å²) in [6.07, 6.45) is 2.37. The van der Waals surface area contributed by atoms with Gasteiger partial charge in [0.05, 0.1) is 6.54 Å². The summed E-state index contributed by atoms with van der Waals surface area (Å²) in [5.41, 5.74) is 5.30. The van der Waals surface area contributed by atoms with E-state index in [1.54, 1.807) is 0 Å². The van der Waals surface area contributed by atoms with E-state index in [0.29, 0.717) is 18.3 Å². The van der Waals surface area contributed by atoms with Crippen molar-refractivity contribution in [2.45, 2.75) is 25.3 Å². The molecule has 0 amide bonds. The van der Waals surface area contributed by atoms with Gasteiger partial charge < -0.3 is 10.3 Å². The maximum Gasteiger partial charge on any atom is 0.229 e. The maximum atomic E-state index is 5.30. The van der Waals surface area contributed by atoms with E-state index >= 15 is 0 Å². The van der Waals surface area contributed by atoms with Gasteiger partial charge in [0.25, 0.3) is 0 Å². The molecule has 0 radical (unpaired) electrons. The third kappa shape index (κ3) is 1.70. The number of hydrogen-bond donors (Lipinski definition) is 1. The van der Waals surface area contributed by atoms with Crippen LogP contribution in [0.3, 0.4) is 0 Å². The van der Waals surface area contributed by atoms with Crippen molar-refractivity contribution < 1.29 is 4.52 Å². The molecule has 2 rings (SSSR count). The summed E-state index contributed by atoms with van der Waals surface area (Å²) in [4.78, 5) is 4.09. The lowest BCUT2D eigenvalue weighted by Crippen LogP contribution is -1.97. The summed E-state index contributed by atoms with van der Waals surface area (Å²) in [5, 5.41) is 3.68. The molecule has 0 spiro atoms. The van der Waals surface area contributed by atoms with Crippen molar-refractivity contribution in [2.24, 2.45) is 5.73 Å². The molecular weight excluding hydrogens is 166 g/mol. The Balaban J connectivity index is 0.000000605. The van der Waals surface area contributed by atoms with Crippen molar-refractivity contribution in [1.82, 2.24) is 10.1 Å². The van der Waals surface area contributed by atoms with Crippen LogP contribution in [-0.2, 0) is 6.54 Å². The zero-order valence-electron chi connectivity index (χ0n) is 5.99. The van der Waals surface area contributed by atoms with Gasteiger partial charge in [0, 0.05) is 5.92 Å². The Morgan fingerprint density at radius 3 is 2.73 bits per heavy atom. The first-order chi connectivity index (χ1) is 4.90. The van der Waals surface area contributed by atoms with E-state index in [4.69, 9.17) is 10.3 Å². The van der Waals surface area contributed by atoms with Crippen molar-refractivity contribution in [3.63, 3.8) is 0 Å². The van der Waals surface area contributed by atoms with Gasteiger partial charge in [0.2, 0.25) is 5.89 Å². The fourth-order valence-corrected chi connectivity index (χ4v) is 0.846. The molecular formula is C6H10ClN3O. The number of nitrogens with zero attached hydrogens (tertiary/aromatic N) is 2. The van der Waals surface area contributed by atoms with Crippen LogP contribution in [0.5, 0.6) is 0 Å². The lowest BCUT2D eigenvalue weighted by molar-refractivity contribution is 0.374. The molecule has 62 valence electrons.